The molecule has 168 valence electrons. The van der Waals surface area contributed by atoms with E-state index in [0.29, 0.717) is 33.8 Å². The van der Waals surface area contributed by atoms with Crippen LogP contribution in [0.5, 0.6) is 0 Å². The van der Waals surface area contributed by atoms with Crippen molar-refractivity contribution < 1.29 is 9.59 Å². The van der Waals surface area contributed by atoms with Crippen molar-refractivity contribution in [1.82, 2.24) is 20.1 Å². The van der Waals surface area contributed by atoms with E-state index < -0.39 is 0 Å². The summed E-state index contributed by atoms with van der Waals surface area (Å²) in [6, 6.07) is 12.3. The molecule has 10 heteroatoms. The number of rotatable bonds is 8. The van der Waals surface area contributed by atoms with Gasteiger partial charge in [-0.25, -0.2) is 0 Å². The van der Waals surface area contributed by atoms with Crippen LogP contribution in [0.4, 0.5) is 5.69 Å². The Morgan fingerprint density at radius 1 is 1.22 bits per heavy atom. The second-order valence-electron chi connectivity index (χ2n) is 7.06. The lowest BCUT2D eigenvalue weighted by Gasteiger charge is -2.16. The van der Waals surface area contributed by atoms with E-state index in [4.69, 9.17) is 11.6 Å². The van der Waals surface area contributed by atoms with Gasteiger partial charge in [0.1, 0.15) is 0 Å². The van der Waals surface area contributed by atoms with Crippen molar-refractivity contribution in [2.24, 2.45) is 0 Å². The van der Waals surface area contributed by atoms with Gasteiger partial charge in [0, 0.05) is 22.3 Å². The average molecular weight is 537 g/mol. The molecule has 1 heterocycles. The normalized spacial score (nSPS) is 11.8. The van der Waals surface area contributed by atoms with E-state index in [-0.39, 0.29) is 23.6 Å². The minimum atomic E-state index is -0.345. The van der Waals surface area contributed by atoms with Gasteiger partial charge in [-0.05, 0) is 66.5 Å². The highest BCUT2D eigenvalue weighted by molar-refractivity contribution is 9.10. The van der Waals surface area contributed by atoms with Gasteiger partial charge in [0.25, 0.3) is 5.91 Å². The van der Waals surface area contributed by atoms with Crippen molar-refractivity contribution in [3.8, 4) is 0 Å². The molecule has 0 unspecified atom stereocenters. The van der Waals surface area contributed by atoms with Crippen LogP contribution in [0.3, 0.4) is 0 Å². The molecule has 3 rings (SSSR count). The third kappa shape index (κ3) is 5.90. The number of thioether (sulfide) groups is 1. The molecule has 0 fully saturated rings. The van der Waals surface area contributed by atoms with E-state index in [9.17, 15) is 9.59 Å². The number of hydrogen-bond acceptors (Lipinski definition) is 5. The number of carbonyl (C=O) groups is 2. The van der Waals surface area contributed by atoms with Crippen LogP contribution in [0.2, 0.25) is 5.02 Å². The maximum Gasteiger partial charge on any atom is 0.252 e. The van der Waals surface area contributed by atoms with E-state index in [2.05, 4.69) is 36.8 Å². The molecule has 32 heavy (non-hydrogen) atoms. The van der Waals surface area contributed by atoms with Crippen LogP contribution >= 0.6 is 39.3 Å². The summed E-state index contributed by atoms with van der Waals surface area (Å²) in [7, 11) is 0. The molecule has 2 aromatic carbocycles. The van der Waals surface area contributed by atoms with Gasteiger partial charge in [0.05, 0.1) is 16.8 Å². The first kappa shape index (κ1) is 24.3. The van der Waals surface area contributed by atoms with Gasteiger partial charge in [-0.2, -0.15) is 0 Å². The van der Waals surface area contributed by atoms with E-state index in [1.54, 1.807) is 24.3 Å². The van der Waals surface area contributed by atoms with Crippen molar-refractivity contribution in [2.75, 3.05) is 11.1 Å². The maximum atomic E-state index is 12.7. The number of aromatic nitrogens is 3. The smallest absolute Gasteiger partial charge is 0.252 e. The first-order valence-electron chi connectivity index (χ1n) is 9.97. The lowest BCUT2D eigenvalue weighted by Crippen LogP contribution is -2.29. The molecule has 1 aromatic heterocycles. The molecule has 1 atom stereocenters. The van der Waals surface area contributed by atoms with E-state index in [1.807, 2.05) is 43.5 Å². The van der Waals surface area contributed by atoms with Gasteiger partial charge in [-0.15, -0.1) is 10.2 Å². The second kappa shape index (κ2) is 11.0. The summed E-state index contributed by atoms with van der Waals surface area (Å²) >= 11 is 10.7. The first-order chi connectivity index (χ1) is 15.3. The SMILES string of the molecule is CCn1c(SCC(=O)Nc2ccc(Br)c(Cl)c2)nnc1[C@@H](C)NC(=O)c1ccccc1C. The fourth-order valence-corrected chi connectivity index (χ4v) is 4.33. The monoisotopic (exact) mass is 535 g/mol. The van der Waals surface area contributed by atoms with Crippen molar-refractivity contribution in [3.63, 3.8) is 0 Å². The molecular formula is C22H23BrClN5O2S. The number of amides is 2. The molecule has 0 saturated carbocycles. The minimum Gasteiger partial charge on any atom is -0.342 e. The molecule has 0 spiro atoms. The first-order valence-corrected chi connectivity index (χ1v) is 12.1. The Morgan fingerprint density at radius 2 is 1.97 bits per heavy atom. The second-order valence-corrected chi connectivity index (χ2v) is 9.26. The molecule has 0 aliphatic rings. The Morgan fingerprint density at radius 3 is 2.66 bits per heavy atom. The topological polar surface area (TPSA) is 88.9 Å². The largest absolute Gasteiger partial charge is 0.342 e. The Balaban J connectivity index is 1.63. The van der Waals surface area contributed by atoms with E-state index in [1.165, 1.54) is 11.8 Å². The Hall–Kier alpha value is -2.36. The predicted molar refractivity (Wildman–Crippen MR) is 131 cm³/mol. The molecule has 7 nitrogen and oxygen atoms in total. The lowest BCUT2D eigenvalue weighted by atomic mass is 10.1. The number of benzene rings is 2. The zero-order valence-corrected chi connectivity index (χ0v) is 21.0. The van der Waals surface area contributed by atoms with Gasteiger partial charge in [0.2, 0.25) is 5.91 Å². The fraction of sp³-hybridized carbons (Fsp3) is 0.273. The fourth-order valence-electron chi connectivity index (χ4n) is 3.09. The molecule has 0 aliphatic carbocycles. The van der Waals surface area contributed by atoms with E-state index >= 15 is 0 Å². The van der Waals surface area contributed by atoms with Gasteiger partial charge < -0.3 is 15.2 Å². The molecule has 0 radical (unpaired) electrons. The number of carbonyl (C=O) groups excluding carboxylic acids is 2. The third-order valence-electron chi connectivity index (χ3n) is 4.72. The molecular weight excluding hydrogens is 514 g/mol. The van der Waals surface area contributed by atoms with Crippen LogP contribution < -0.4 is 10.6 Å². The molecule has 0 aliphatic heterocycles. The van der Waals surface area contributed by atoms with Crippen molar-refractivity contribution in [2.45, 2.75) is 38.5 Å². The Bertz CT molecular complexity index is 1140. The van der Waals surface area contributed by atoms with Gasteiger partial charge in [0.15, 0.2) is 11.0 Å². The average Bonchev–Trinajstić information content (AvgIpc) is 3.18. The van der Waals surface area contributed by atoms with Crippen LogP contribution in [0.15, 0.2) is 52.1 Å². The van der Waals surface area contributed by atoms with Crippen LogP contribution in [0.1, 0.15) is 41.6 Å². The summed E-state index contributed by atoms with van der Waals surface area (Å²) < 4.78 is 2.66. The highest BCUT2D eigenvalue weighted by atomic mass is 79.9. The maximum absolute atomic E-state index is 12.7. The summed E-state index contributed by atoms with van der Waals surface area (Å²) in [6.45, 7) is 6.34. The predicted octanol–water partition coefficient (Wildman–Crippen LogP) is 5.24. The summed E-state index contributed by atoms with van der Waals surface area (Å²) in [5.74, 6) is 0.456. The quantitative estimate of drug-likeness (QED) is 0.384. The number of halogens is 2. The Labute approximate surface area is 204 Å². The van der Waals surface area contributed by atoms with Crippen molar-refractivity contribution in [1.29, 1.82) is 0 Å². The van der Waals surface area contributed by atoms with Gasteiger partial charge in [-0.1, -0.05) is 41.6 Å². The molecule has 0 saturated heterocycles. The summed E-state index contributed by atoms with van der Waals surface area (Å²) in [6.07, 6.45) is 0. The molecule has 2 N–H and O–H groups in total. The zero-order chi connectivity index (χ0) is 23.3. The van der Waals surface area contributed by atoms with Gasteiger partial charge >= 0.3 is 0 Å². The number of aryl methyl sites for hydroxylation is 1. The minimum absolute atomic E-state index is 0.162. The molecule has 2 amide bonds. The standard InChI is InChI=1S/C22H23BrClN5O2S/c1-4-29-20(14(3)25-21(31)16-8-6-5-7-13(16)2)27-28-22(29)32-12-19(30)26-15-9-10-17(23)18(24)11-15/h5-11,14H,4,12H2,1-3H3,(H,25,31)(H,26,30)/t14-/m1/s1. The summed E-state index contributed by atoms with van der Waals surface area (Å²) in [4.78, 5) is 25.0. The highest BCUT2D eigenvalue weighted by Crippen LogP contribution is 2.26. The number of hydrogen-bond donors (Lipinski definition) is 2. The van der Waals surface area contributed by atoms with Crippen LogP contribution in [0.25, 0.3) is 0 Å². The zero-order valence-electron chi connectivity index (χ0n) is 17.9. The summed E-state index contributed by atoms with van der Waals surface area (Å²) in [5, 5.41) is 15.4. The van der Waals surface area contributed by atoms with Crippen molar-refractivity contribution >= 4 is 56.8 Å². The van der Waals surface area contributed by atoms with Gasteiger partial charge in [-0.3, -0.25) is 9.59 Å². The third-order valence-corrected chi connectivity index (χ3v) is 6.92. The van der Waals surface area contributed by atoms with Crippen LogP contribution in [-0.4, -0.2) is 32.3 Å². The van der Waals surface area contributed by atoms with Crippen LogP contribution in [0, 0.1) is 6.92 Å². The number of nitrogens with one attached hydrogen (secondary N) is 2. The summed E-state index contributed by atoms with van der Waals surface area (Å²) in [5.41, 5.74) is 2.15. The highest BCUT2D eigenvalue weighted by Gasteiger charge is 2.20. The van der Waals surface area contributed by atoms with Crippen molar-refractivity contribution in [3.05, 3.63) is 68.9 Å². The van der Waals surface area contributed by atoms with E-state index in [0.717, 1.165) is 10.0 Å². The molecule has 0 bridgehead atoms. The Kier molecular flexibility index (Phi) is 8.33. The molecule has 3 aromatic rings. The number of nitrogens with zero attached hydrogens (tertiary/aromatic N) is 3. The van der Waals surface area contributed by atoms with Crippen LogP contribution in [-0.2, 0) is 11.3 Å². The number of anilines is 1. The lowest BCUT2D eigenvalue weighted by molar-refractivity contribution is -0.113.